The molecule has 4 aromatic rings. The average Bonchev–Trinajstić information content (AvgIpc) is 3.30. The Morgan fingerprint density at radius 1 is 0.971 bits per heavy atom. The minimum absolute atomic E-state index is 0.0517. The predicted molar refractivity (Wildman–Crippen MR) is 129 cm³/mol. The van der Waals surface area contributed by atoms with Crippen LogP contribution in [0.1, 0.15) is 12.0 Å². The van der Waals surface area contributed by atoms with Gasteiger partial charge in [-0.15, -0.1) is 0 Å². The van der Waals surface area contributed by atoms with Crippen LogP contribution in [0.15, 0.2) is 71.8 Å². The number of piperazine rings is 1. The lowest BCUT2D eigenvalue weighted by molar-refractivity contribution is -0.131. The van der Waals surface area contributed by atoms with Crippen LogP contribution in [0.2, 0.25) is 0 Å². The molecule has 0 N–H and O–H groups in total. The van der Waals surface area contributed by atoms with Crippen LogP contribution in [0.3, 0.4) is 0 Å². The molecule has 0 aliphatic carbocycles. The van der Waals surface area contributed by atoms with Gasteiger partial charge in [0, 0.05) is 62.8 Å². The molecule has 0 spiro atoms. The molecular formula is C26H26FN5O2. The van der Waals surface area contributed by atoms with Gasteiger partial charge < -0.3 is 14.4 Å². The van der Waals surface area contributed by atoms with Gasteiger partial charge in [0.15, 0.2) is 0 Å². The highest BCUT2D eigenvalue weighted by Gasteiger charge is 2.21. The minimum atomic E-state index is -0.323. The summed E-state index contributed by atoms with van der Waals surface area (Å²) in [7, 11) is 0. The summed E-state index contributed by atoms with van der Waals surface area (Å²) in [6.45, 7) is 5.31. The lowest BCUT2D eigenvalue weighted by Crippen LogP contribution is -2.49. The normalized spacial score (nSPS) is 14.1. The van der Waals surface area contributed by atoms with E-state index in [4.69, 9.17) is 0 Å². The van der Waals surface area contributed by atoms with Crippen LogP contribution in [-0.4, -0.2) is 51.2 Å². The van der Waals surface area contributed by atoms with E-state index in [-0.39, 0.29) is 23.7 Å². The van der Waals surface area contributed by atoms with E-state index in [1.165, 1.54) is 27.9 Å². The zero-order chi connectivity index (χ0) is 23.7. The molecule has 1 fully saturated rings. The Bertz CT molecular complexity index is 1370. The first-order valence-electron chi connectivity index (χ1n) is 11.4. The van der Waals surface area contributed by atoms with Crippen molar-refractivity contribution >= 4 is 17.1 Å². The van der Waals surface area contributed by atoms with E-state index in [1.807, 2.05) is 4.90 Å². The van der Waals surface area contributed by atoms with Gasteiger partial charge >= 0.3 is 0 Å². The smallest absolute Gasteiger partial charge is 0.276 e. The molecule has 0 bridgehead atoms. The Morgan fingerprint density at radius 2 is 1.68 bits per heavy atom. The molecule has 1 saturated heterocycles. The molecule has 1 aliphatic heterocycles. The van der Waals surface area contributed by atoms with Crippen molar-refractivity contribution < 1.29 is 9.18 Å². The molecule has 1 aliphatic rings. The van der Waals surface area contributed by atoms with Gasteiger partial charge in [-0.2, -0.15) is 5.10 Å². The summed E-state index contributed by atoms with van der Waals surface area (Å²) in [5, 5.41) is 4.42. The third kappa shape index (κ3) is 4.44. The molecule has 5 rings (SSSR count). The molecule has 0 radical (unpaired) electrons. The summed E-state index contributed by atoms with van der Waals surface area (Å²) in [5.41, 5.74) is 3.95. The predicted octanol–water partition coefficient (Wildman–Crippen LogP) is 3.35. The summed E-state index contributed by atoms with van der Waals surface area (Å²) >= 11 is 0. The lowest BCUT2D eigenvalue weighted by atomic mass is 10.1. The van der Waals surface area contributed by atoms with Gasteiger partial charge in [0.25, 0.3) is 5.56 Å². The molecule has 0 unspecified atom stereocenters. The summed E-state index contributed by atoms with van der Waals surface area (Å²) in [6.07, 6.45) is 3.62. The average molecular weight is 460 g/mol. The largest absolute Gasteiger partial charge is 0.368 e. The first-order valence-corrected chi connectivity index (χ1v) is 11.4. The van der Waals surface area contributed by atoms with Crippen molar-refractivity contribution in [3.05, 3.63) is 88.7 Å². The molecule has 0 atom stereocenters. The van der Waals surface area contributed by atoms with E-state index >= 15 is 0 Å². The van der Waals surface area contributed by atoms with Gasteiger partial charge in [0.2, 0.25) is 5.91 Å². The van der Waals surface area contributed by atoms with Gasteiger partial charge in [-0.05, 0) is 49.4 Å². The van der Waals surface area contributed by atoms with Gasteiger partial charge in [0.05, 0.1) is 5.69 Å². The summed E-state index contributed by atoms with van der Waals surface area (Å²) < 4.78 is 16.3. The van der Waals surface area contributed by atoms with Crippen LogP contribution in [-0.2, 0) is 11.3 Å². The number of carbonyl (C=O) groups is 1. The lowest BCUT2D eigenvalue weighted by Gasteiger charge is -2.36. The highest BCUT2D eigenvalue weighted by molar-refractivity contribution is 5.76. The number of benzene rings is 2. The zero-order valence-corrected chi connectivity index (χ0v) is 19.0. The van der Waals surface area contributed by atoms with Crippen LogP contribution in [0, 0.1) is 12.7 Å². The molecule has 3 heterocycles. The number of fused-ring (bicyclic) bond motifs is 1. The molecule has 174 valence electrons. The Hall–Kier alpha value is -3.94. The summed E-state index contributed by atoms with van der Waals surface area (Å²) in [6, 6.07) is 16.1. The molecule has 34 heavy (non-hydrogen) atoms. The quantitative estimate of drug-likeness (QED) is 0.459. The van der Waals surface area contributed by atoms with Gasteiger partial charge in [-0.25, -0.2) is 8.91 Å². The zero-order valence-electron chi connectivity index (χ0n) is 19.0. The standard InChI is InChI=1S/C26H26FN5O2/c1-19-2-8-22(9-3-19)29-12-14-30(15-13-29)25(33)10-11-31-16-17-32-24(26(31)34)18-23(28-32)20-4-6-21(27)7-5-20/h2-9,16-18H,10-15H2,1H3. The first kappa shape index (κ1) is 21.9. The monoisotopic (exact) mass is 459 g/mol. The molecule has 1 amide bonds. The Balaban J connectivity index is 1.22. The van der Waals surface area contributed by atoms with E-state index in [9.17, 15) is 14.0 Å². The molecule has 7 nitrogen and oxygen atoms in total. The summed E-state index contributed by atoms with van der Waals surface area (Å²) in [5.74, 6) is -0.271. The molecule has 0 saturated carbocycles. The van der Waals surface area contributed by atoms with Gasteiger partial charge in [-0.1, -0.05) is 17.7 Å². The third-order valence-corrected chi connectivity index (χ3v) is 6.34. The summed E-state index contributed by atoms with van der Waals surface area (Å²) in [4.78, 5) is 29.9. The second-order valence-electron chi connectivity index (χ2n) is 8.62. The number of carbonyl (C=O) groups excluding carboxylic acids is 1. The molecular weight excluding hydrogens is 433 g/mol. The Labute approximate surface area is 196 Å². The highest BCUT2D eigenvalue weighted by Crippen LogP contribution is 2.19. The van der Waals surface area contributed by atoms with Crippen LogP contribution in [0.5, 0.6) is 0 Å². The minimum Gasteiger partial charge on any atom is -0.368 e. The number of hydrogen-bond acceptors (Lipinski definition) is 4. The number of nitrogens with zero attached hydrogens (tertiary/aromatic N) is 5. The molecule has 2 aromatic carbocycles. The fourth-order valence-electron chi connectivity index (χ4n) is 4.31. The third-order valence-electron chi connectivity index (χ3n) is 6.34. The van der Waals surface area contributed by atoms with Crippen LogP contribution in [0.4, 0.5) is 10.1 Å². The Morgan fingerprint density at radius 3 is 2.38 bits per heavy atom. The van der Waals surface area contributed by atoms with Crippen molar-refractivity contribution in [2.24, 2.45) is 0 Å². The van der Waals surface area contributed by atoms with Crippen molar-refractivity contribution in [1.29, 1.82) is 0 Å². The van der Waals surface area contributed by atoms with E-state index in [0.29, 0.717) is 30.8 Å². The second-order valence-corrected chi connectivity index (χ2v) is 8.62. The maximum Gasteiger partial charge on any atom is 0.276 e. The van der Waals surface area contributed by atoms with Crippen LogP contribution in [0.25, 0.3) is 16.8 Å². The molecule has 8 heteroatoms. The fraction of sp³-hybridized carbons (Fsp3) is 0.269. The number of amides is 1. The van der Waals surface area contributed by atoms with Crippen molar-refractivity contribution in [3.8, 4) is 11.3 Å². The first-order chi connectivity index (χ1) is 16.5. The van der Waals surface area contributed by atoms with Crippen molar-refractivity contribution in [1.82, 2.24) is 19.1 Å². The van der Waals surface area contributed by atoms with E-state index in [1.54, 1.807) is 35.2 Å². The van der Waals surface area contributed by atoms with Crippen LogP contribution < -0.4 is 10.5 Å². The van der Waals surface area contributed by atoms with Gasteiger partial charge in [-0.3, -0.25) is 9.59 Å². The maximum atomic E-state index is 13.2. The fourth-order valence-corrected chi connectivity index (χ4v) is 4.31. The number of halogens is 1. The van der Waals surface area contributed by atoms with Gasteiger partial charge in [0.1, 0.15) is 11.3 Å². The van der Waals surface area contributed by atoms with Crippen molar-refractivity contribution in [3.63, 3.8) is 0 Å². The number of anilines is 1. The van der Waals surface area contributed by atoms with Crippen molar-refractivity contribution in [2.75, 3.05) is 31.1 Å². The van der Waals surface area contributed by atoms with E-state index < -0.39 is 0 Å². The van der Waals surface area contributed by atoms with E-state index in [0.717, 1.165) is 18.7 Å². The number of rotatable bonds is 5. The number of hydrogen-bond donors (Lipinski definition) is 0. The van der Waals surface area contributed by atoms with Crippen LogP contribution >= 0.6 is 0 Å². The number of aryl methyl sites for hydroxylation is 2. The molecule has 2 aromatic heterocycles. The second kappa shape index (κ2) is 9.13. The Kier molecular flexibility index (Phi) is 5.88. The number of aromatic nitrogens is 3. The van der Waals surface area contributed by atoms with E-state index in [2.05, 4.69) is 41.2 Å². The SMILES string of the molecule is Cc1ccc(N2CCN(C(=O)CCn3ccn4nc(-c5ccc(F)cc5)cc4c3=O)CC2)cc1. The topological polar surface area (TPSA) is 62.9 Å². The highest BCUT2D eigenvalue weighted by atomic mass is 19.1. The maximum absolute atomic E-state index is 13.2. The van der Waals surface area contributed by atoms with Crippen molar-refractivity contribution in [2.45, 2.75) is 19.9 Å².